The average molecular weight is 490 g/mol. The van der Waals surface area contributed by atoms with Gasteiger partial charge in [-0.2, -0.15) is 22.7 Å². The van der Waals surface area contributed by atoms with Crippen LogP contribution < -0.4 is 10.5 Å². The van der Waals surface area contributed by atoms with Crippen molar-refractivity contribution < 1.29 is 35.5 Å². The second-order valence-corrected chi connectivity index (χ2v) is 10.9. The van der Waals surface area contributed by atoms with Gasteiger partial charge < -0.3 is 10.5 Å². The van der Waals surface area contributed by atoms with E-state index < -0.39 is 45.5 Å². The van der Waals surface area contributed by atoms with Crippen molar-refractivity contribution in [3.63, 3.8) is 0 Å². The smallest absolute Gasteiger partial charge is 0.427 e. The van der Waals surface area contributed by atoms with Gasteiger partial charge in [0.2, 0.25) is 5.91 Å². The topological polar surface area (TPSA) is 117 Å². The van der Waals surface area contributed by atoms with E-state index in [2.05, 4.69) is 14.8 Å². The number of primary amides is 1. The molecule has 0 saturated carbocycles. The molecule has 2 N–H and O–H groups in total. The van der Waals surface area contributed by atoms with E-state index in [0.29, 0.717) is 36.2 Å². The first-order valence-electron chi connectivity index (χ1n) is 10.2. The number of sulfone groups is 1. The van der Waals surface area contributed by atoms with Crippen LogP contribution in [0.5, 0.6) is 5.75 Å². The van der Waals surface area contributed by atoms with E-state index in [1.165, 1.54) is 6.20 Å². The summed E-state index contributed by atoms with van der Waals surface area (Å²) >= 11 is 0. The van der Waals surface area contributed by atoms with E-state index in [1.807, 2.05) is 0 Å². The van der Waals surface area contributed by atoms with Crippen molar-refractivity contribution in [3.8, 4) is 17.0 Å². The maximum Gasteiger partial charge on any atom is 0.461 e. The number of halogens is 4. The van der Waals surface area contributed by atoms with Crippen LogP contribution in [-0.4, -0.2) is 53.1 Å². The summed E-state index contributed by atoms with van der Waals surface area (Å²) in [7, 11) is -3.29. The fraction of sp³-hybridized carbons (Fsp3) is 0.550. The Balaban J connectivity index is 1.79. The fourth-order valence-electron chi connectivity index (χ4n) is 4.50. The van der Waals surface area contributed by atoms with Crippen molar-refractivity contribution in [2.45, 2.75) is 50.7 Å². The molecule has 0 spiro atoms. The number of hydrogen-bond donors (Lipinski definition) is 1. The molecule has 1 amide bonds. The summed E-state index contributed by atoms with van der Waals surface area (Å²) in [5.41, 5.74) is 6.57. The van der Waals surface area contributed by atoms with Crippen LogP contribution in [0.3, 0.4) is 0 Å². The van der Waals surface area contributed by atoms with Gasteiger partial charge in [-0.3, -0.25) is 14.5 Å². The molecule has 2 atom stereocenters. The summed E-state index contributed by atoms with van der Waals surface area (Å²) in [5, 5.41) is 4.62. The van der Waals surface area contributed by atoms with Crippen LogP contribution in [0.25, 0.3) is 11.3 Å². The van der Waals surface area contributed by atoms with Gasteiger partial charge in [0.05, 0.1) is 28.9 Å². The highest BCUT2D eigenvalue weighted by atomic mass is 32.2. The third kappa shape index (κ3) is 4.42. The molecule has 13 heteroatoms. The summed E-state index contributed by atoms with van der Waals surface area (Å²) in [6.07, 6.45) is -5.12. The quantitative estimate of drug-likeness (QED) is 0.621. The standard InChI is InChI=1S/C20H22F4N4O4S/c1-19(4-5-33(30,31)10-19)28-15-7-11(17(25)29)2-3-14(15)16(27-28)12-6-13(9-26-8-12)32-20(23,24)18(21)22/h6,8-9,11,18H,2-5,7,10H2,1H3,(H2,25,29)/t11?,19-/m0/s1. The Bertz CT molecular complexity index is 1200. The van der Waals surface area contributed by atoms with Crippen LogP contribution in [0.2, 0.25) is 0 Å². The minimum atomic E-state index is -4.69. The molecule has 0 bridgehead atoms. The molecule has 1 aliphatic carbocycles. The van der Waals surface area contributed by atoms with Gasteiger partial charge in [-0.05, 0) is 32.3 Å². The first-order chi connectivity index (χ1) is 15.3. The Morgan fingerprint density at radius 3 is 2.70 bits per heavy atom. The molecule has 0 aromatic carbocycles. The number of rotatable bonds is 6. The number of pyridine rings is 1. The number of ether oxygens (including phenoxy) is 1. The summed E-state index contributed by atoms with van der Waals surface area (Å²) in [5.74, 6) is -1.66. The number of nitrogens with two attached hydrogens (primary N) is 1. The first kappa shape index (κ1) is 23.5. The molecule has 2 aromatic rings. The molecule has 3 heterocycles. The number of carbonyl (C=O) groups is 1. The highest BCUT2D eigenvalue weighted by Crippen LogP contribution is 2.40. The zero-order chi connectivity index (χ0) is 24.2. The second kappa shape index (κ2) is 7.96. The fourth-order valence-corrected chi connectivity index (χ4v) is 6.61. The Morgan fingerprint density at radius 1 is 1.36 bits per heavy atom. The number of fused-ring (bicyclic) bond motifs is 1. The van der Waals surface area contributed by atoms with E-state index in [4.69, 9.17) is 5.73 Å². The Labute approximate surface area is 187 Å². The van der Waals surface area contributed by atoms with E-state index >= 15 is 0 Å². The maximum atomic E-state index is 13.4. The molecule has 1 fully saturated rings. The lowest BCUT2D eigenvalue weighted by molar-refractivity contribution is -0.253. The highest BCUT2D eigenvalue weighted by Gasteiger charge is 2.45. The largest absolute Gasteiger partial charge is 0.461 e. The molecule has 8 nitrogen and oxygen atoms in total. The number of hydrogen-bond acceptors (Lipinski definition) is 6. The molecule has 1 unspecified atom stereocenters. The van der Waals surface area contributed by atoms with Crippen LogP contribution in [0.4, 0.5) is 17.6 Å². The molecule has 180 valence electrons. The molecule has 4 rings (SSSR count). The van der Waals surface area contributed by atoms with E-state index in [9.17, 15) is 30.8 Å². The molecule has 2 aromatic heterocycles. The zero-order valence-corrected chi connectivity index (χ0v) is 18.4. The molecule has 1 saturated heterocycles. The third-order valence-electron chi connectivity index (χ3n) is 6.16. The zero-order valence-electron chi connectivity index (χ0n) is 17.6. The van der Waals surface area contributed by atoms with Crippen molar-refractivity contribution in [1.82, 2.24) is 14.8 Å². The second-order valence-electron chi connectivity index (χ2n) is 8.74. The average Bonchev–Trinajstić information content (AvgIpc) is 3.25. The molecule has 33 heavy (non-hydrogen) atoms. The SMILES string of the molecule is C[C@]1(n2nc(-c3cncc(OC(F)(F)C(F)F)c3)c3c2CC(C(N)=O)CC3)CCS(=O)(=O)C1. The van der Waals surface area contributed by atoms with Crippen LogP contribution in [0.1, 0.15) is 31.0 Å². The van der Waals surface area contributed by atoms with Gasteiger partial charge in [-0.15, -0.1) is 0 Å². The van der Waals surface area contributed by atoms with Crippen molar-refractivity contribution in [2.24, 2.45) is 11.7 Å². The Kier molecular flexibility index (Phi) is 5.66. The van der Waals surface area contributed by atoms with Crippen molar-refractivity contribution in [2.75, 3.05) is 11.5 Å². The molecular weight excluding hydrogens is 468 g/mol. The number of nitrogens with zero attached hydrogens (tertiary/aromatic N) is 3. The number of aromatic nitrogens is 3. The molecule has 1 aliphatic heterocycles. The van der Waals surface area contributed by atoms with Crippen LogP contribution in [0, 0.1) is 5.92 Å². The molecule has 0 radical (unpaired) electrons. The predicted octanol–water partition coefficient (Wildman–Crippen LogP) is 2.31. The number of amides is 1. The van der Waals surface area contributed by atoms with Gasteiger partial charge in [0.25, 0.3) is 0 Å². The number of alkyl halides is 4. The predicted molar refractivity (Wildman–Crippen MR) is 109 cm³/mol. The van der Waals surface area contributed by atoms with Gasteiger partial charge in [0.1, 0.15) is 5.75 Å². The van der Waals surface area contributed by atoms with Crippen LogP contribution >= 0.6 is 0 Å². The summed E-state index contributed by atoms with van der Waals surface area (Å²) in [6, 6.07) is 1.13. The lowest BCUT2D eigenvalue weighted by Crippen LogP contribution is -2.36. The normalized spacial score (nSPS) is 24.6. The Hall–Kier alpha value is -2.70. The van der Waals surface area contributed by atoms with Gasteiger partial charge in [-0.25, -0.2) is 8.42 Å². The molecular formula is C20H22F4N4O4S. The summed E-state index contributed by atoms with van der Waals surface area (Å²) in [6.45, 7) is 1.75. The lowest BCUT2D eigenvalue weighted by atomic mass is 9.85. The van der Waals surface area contributed by atoms with Crippen molar-refractivity contribution >= 4 is 15.7 Å². The first-order valence-corrected chi connectivity index (χ1v) is 12.0. The van der Waals surface area contributed by atoms with E-state index in [-0.39, 0.29) is 23.5 Å². The summed E-state index contributed by atoms with van der Waals surface area (Å²) in [4.78, 5) is 15.6. The van der Waals surface area contributed by atoms with Crippen LogP contribution in [0.15, 0.2) is 18.5 Å². The van der Waals surface area contributed by atoms with Gasteiger partial charge in [0, 0.05) is 35.4 Å². The summed E-state index contributed by atoms with van der Waals surface area (Å²) < 4.78 is 81.9. The van der Waals surface area contributed by atoms with E-state index in [0.717, 1.165) is 12.3 Å². The van der Waals surface area contributed by atoms with Gasteiger partial charge >= 0.3 is 12.5 Å². The van der Waals surface area contributed by atoms with Gasteiger partial charge in [-0.1, -0.05) is 0 Å². The monoisotopic (exact) mass is 490 g/mol. The third-order valence-corrected chi connectivity index (χ3v) is 8.05. The number of carbonyl (C=O) groups excluding carboxylic acids is 1. The highest BCUT2D eigenvalue weighted by molar-refractivity contribution is 7.91. The van der Waals surface area contributed by atoms with Crippen molar-refractivity contribution in [1.29, 1.82) is 0 Å². The molecule has 2 aliphatic rings. The van der Waals surface area contributed by atoms with E-state index in [1.54, 1.807) is 11.6 Å². The Morgan fingerprint density at radius 2 is 2.09 bits per heavy atom. The van der Waals surface area contributed by atoms with Crippen molar-refractivity contribution in [3.05, 3.63) is 29.7 Å². The minimum Gasteiger partial charge on any atom is -0.427 e. The van der Waals surface area contributed by atoms with Crippen LogP contribution in [-0.2, 0) is 33.0 Å². The van der Waals surface area contributed by atoms with Gasteiger partial charge in [0.15, 0.2) is 9.84 Å². The maximum absolute atomic E-state index is 13.4. The lowest BCUT2D eigenvalue weighted by Gasteiger charge is -2.28. The minimum absolute atomic E-state index is 0.0136.